The lowest BCUT2D eigenvalue weighted by Crippen LogP contribution is -2.46. The fourth-order valence-corrected chi connectivity index (χ4v) is 2.88. The highest BCUT2D eigenvalue weighted by molar-refractivity contribution is 7.09. The average molecular weight is 320 g/mol. The predicted octanol–water partition coefficient (Wildman–Crippen LogP) is 2.60. The molecule has 0 spiro atoms. The van der Waals surface area contributed by atoms with Crippen LogP contribution in [0.25, 0.3) is 0 Å². The Morgan fingerprint density at radius 2 is 2.23 bits per heavy atom. The van der Waals surface area contributed by atoms with Crippen molar-refractivity contribution in [3.05, 3.63) is 44.8 Å². The first kappa shape index (κ1) is 16.2. The molecule has 2 heterocycles. The van der Waals surface area contributed by atoms with Gasteiger partial charge in [-0.15, -0.1) is 11.3 Å². The van der Waals surface area contributed by atoms with E-state index in [1.165, 1.54) is 15.9 Å². The number of nitrogens with one attached hydrogen (secondary N) is 2. The number of amides is 2. The summed E-state index contributed by atoms with van der Waals surface area (Å²) in [6.07, 6.45) is 4.08. The summed E-state index contributed by atoms with van der Waals surface area (Å²) in [7, 11) is 1.65. The van der Waals surface area contributed by atoms with Crippen LogP contribution in [0, 0.1) is 6.92 Å². The van der Waals surface area contributed by atoms with Crippen LogP contribution in [0.1, 0.15) is 30.8 Å². The van der Waals surface area contributed by atoms with Crippen LogP contribution >= 0.6 is 11.3 Å². The number of thiazole rings is 1. The molecule has 0 fully saturated rings. The van der Waals surface area contributed by atoms with Crippen LogP contribution in [-0.4, -0.2) is 15.6 Å². The van der Waals surface area contributed by atoms with E-state index in [9.17, 15) is 9.59 Å². The highest BCUT2D eigenvalue weighted by Gasteiger charge is 2.29. The Labute approximate surface area is 133 Å². The van der Waals surface area contributed by atoms with Crippen molar-refractivity contribution in [3.63, 3.8) is 0 Å². The van der Waals surface area contributed by atoms with Crippen LogP contribution in [0.5, 0.6) is 0 Å². The Morgan fingerprint density at radius 1 is 1.50 bits per heavy atom. The lowest BCUT2D eigenvalue weighted by Gasteiger charge is -2.27. The predicted molar refractivity (Wildman–Crippen MR) is 88.3 cm³/mol. The zero-order valence-electron chi connectivity index (χ0n) is 13.1. The number of hydrogen-bond donors (Lipinski definition) is 2. The van der Waals surface area contributed by atoms with E-state index >= 15 is 0 Å². The Hall–Kier alpha value is -2.15. The normalized spacial score (nSPS) is 13.5. The maximum absolute atomic E-state index is 12.3. The van der Waals surface area contributed by atoms with Gasteiger partial charge in [0.15, 0.2) is 0 Å². The van der Waals surface area contributed by atoms with Crippen LogP contribution in [-0.2, 0) is 12.6 Å². The first-order valence-corrected chi connectivity index (χ1v) is 7.90. The third-order valence-electron chi connectivity index (χ3n) is 3.72. The Balaban J connectivity index is 2.20. The lowest BCUT2D eigenvalue weighted by atomic mass is 10.0. The van der Waals surface area contributed by atoms with Gasteiger partial charge in [0.05, 0.1) is 5.54 Å². The highest BCUT2D eigenvalue weighted by Crippen LogP contribution is 2.26. The fraction of sp³-hybridized carbons (Fsp3) is 0.400. The van der Waals surface area contributed by atoms with Gasteiger partial charge in [0.25, 0.3) is 5.56 Å². The van der Waals surface area contributed by atoms with E-state index < -0.39 is 11.6 Å². The summed E-state index contributed by atoms with van der Waals surface area (Å²) >= 11 is 1.49. The summed E-state index contributed by atoms with van der Waals surface area (Å²) < 4.78 is 1.43. The number of carbonyl (C=O) groups excluding carboxylic acids is 1. The minimum atomic E-state index is -0.563. The number of carbonyl (C=O) groups is 1. The van der Waals surface area contributed by atoms with Crippen LogP contribution in [0.3, 0.4) is 0 Å². The van der Waals surface area contributed by atoms with Crippen molar-refractivity contribution in [2.45, 2.75) is 32.7 Å². The van der Waals surface area contributed by atoms with Crippen LogP contribution in [0.4, 0.5) is 10.5 Å². The van der Waals surface area contributed by atoms with E-state index in [2.05, 4.69) is 15.6 Å². The Kier molecular flexibility index (Phi) is 4.65. The number of pyridine rings is 1. The number of rotatable bonds is 4. The van der Waals surface area contributed by atoms with E-state index in [1.807, 2.05) is 19.2 Å². The van der Waals surface area contributed by atoms with Crippen molar-refractivity contribution < 1.29 is 4.79 Å². The van der Waals surface area contributed by atoms with Crippen molar-refractivity contribution in [1.29, 1.82) is 0 Å². The number of aryl methyl sites for hydroxylation is 2. The molecule has 22 heavy (non-hydrogen) atoms. The van der Waals surface area contributed by atoms with E-state index in [0.29, 0.717) is 12.1 Å². The molecule has 0 bridgehead atoms. The number of anilines is 1. The van der Waals surface area contributed by atoms with Crippen LogP contribution in [0.15, 0.2) is 28.6 Å². The molecule has 2 rings (SSSR count). The Morgan fingerprint density at radius 3 is 2.82 bits per heavy atom. The first-order chi connectivity index (χ1) is 10.4. The summed E-state index contributed by atoms with van der Waals surface area (Å²) in [5, 5.41) is 8.29. The monoisotopic (exact) mass is 320 g/mol. The van der Waals surface area contributed by atoms with Gasteiger partial charge in [0.2, 0.25) is 0 Å². The highest BCUT2D eigenvalue weighted by atomic mass is 32.1. The minimum absolute atomic E-state index is 0.234. The third kappa shape index (κ3) is 3.19. The van der Waals surface area contributed by atoms with E-state index in [4.69, 9.17) is 0 Å². The summed E-state index contributed by atoms with van der Waals surface area (Å²) in [4.78, 5) is 28.7. The van der Waals surface area contributed by atoms with Gasteiger partial charge in [-0.1, -0.05) is 6.92 Å². The van der Waals surface area contributed by atoms with Crippen LogP contribution in [0.2, 0.25) is 0 Å². The second kappa shape index (κ2) is 6.31. The minimum Gasteiger partial charge on any atom is -0.326 e. The van der Waals surface area contributed by atoms with Crippen molar-refractivity contribution in [2.75, 3.05) is 5.32 Å². The van der Waals surface area contributed by atoms with Gasteiger partial charge in [-0.25, -0.2) is 9.78 Å². The quantitative estimate of drug-likeness (QED) is 0.909. The van der Waals surface area contributed by atoms with Crippen molar-refractivity contribution >= 4 is 23.1 Å². The first-order valence-electron chi connectivity index (χ1n) is 7.02. The molecule has 2 N–H and O–H groups in total. The summed E-state index contributed by atoms with van der Waals surface area (Å²) in [6.45, 7) is 5.69. The molecule has 0 radical (unpaired) electrons. The molecule has 2 aromatic rings. The van der Waals surface area contributed by atoms with Crippen molar-refractivity contribution in [2.24, 2.45) is 7.05 Å². The smallest absolute Gasteiger partial charge is 0.320 e. The van der Waals surface area contributed by atoms with E-state index in [1.54, 1.807) is 32.4 Å². The van der Waals surface area contributed by atoms with Gasteiger partial charge in [0, 0.05) is 24.8 Å². The second-order valence-corrected chi connectivity index (χ2v) is 6.29. The maximum Gasteiger partial charge on any atom is 0.320 e. The summed E-state index contributed by atoms with van der Waals surface area (Å²) in [5.74, 6) is 0. The summed E-state index contributed by atoms with van der Waals surface area (Å²) in [6, 6.07) is 1.38. The Bertz CT molecular complexity index is 724. The van der Waals surface area contributed by atoms with Gasteiger partial charge in [-0.2, -0.15) is 0 Å². The molecule has 0 aliphatic heterocycles. The molecule has 0 aliphatic rings. The van der Waals surface area contributed by atoms with Gasteiger partial charge >= 0.3 is 6.03 Å². The largest absolute Gasteiger partial charge is 0.326 e. The third-order valence-corrected chi connectivity index (χ3v) is 4.75. The van der Waals surface area contributed by atoms with Gasteiger partial charge in [0.1, 0.15) is 10.7 Å². The van der Waals surface area contributed by atoms with Gasteiger partial charge < -0.3 is 15.2 Å². The molecule has 0 aliphatic carbocycles. The topological polar surface area (TPSA) is 76.0 Å². The van der Waals surface area contributed by atoms with Gasteiger partial charge in [-0.05, 0) is 31.9 Å². The van der Waals surface area contributed by atoms with Crippen molar-refractivity contribution in [1.82, 2.24) is 14.9 Å². The second-order valence-electron chi connectivity index (χ2n) is 5.39. The lowest BCUT2D eigenvalue weighted by molar-refractivity contribution is 0.237. The molecule has 0 saturated carbocycles. The summed E-state index contributed by atoms with van der Waals surface area (Å²) in [5.41, 5.74) is 0.222. The molecule has 6 nitrogen and oxygen atoms in total. The van der Waals surface area contributed by atoms with Crippen LogP contribution < -0.4 is 16.2 Å². The molecule has 7 heteroatoms. The fourth-order valence-electron chi connectivity index (χ4n) is 2.06. The van der Waals surface area contributed by atoms with Crippen molar-refractivity contribution in [3.8, 4) is 0 Å². The molecular weight excluding hydrogens is 300 g/mol. The maximum atomic E-state index is 12.3. The van der Waals surface area contributed by atoms with E-state index in [0.717, 1.165) is 10.6 Å². The molecule has 1 atom stereocenters. The molecule has 118 valence electrons. The zero-order chi connectivity index (χ0) is 16.3. The molecule has 2 aromatic heterocycles. The molecule has 2 amide bonds. The molecule has 1 unspecified atom stereocenters. The molecule has 0 aromatic carbocycles. The standard InChI is InChI=1S/C15H20N4O2S/c1-5-15(3,13-16-7-9-22-13)18-14(21)17-11-10(2)6-8-19(4)12(11)20/h6-9H,5H2,1-4H3,(H2,17,18,21). The average Bonchev–Trinajstić information content (AvgIpc) is 3.02. The van der Waals surface area contributed by atoms with Gasteiger partial charge in [-0.3, -0.25) is 4.79 Å². The number of aromatic nitrogens is 2. The van der Waals surface area contributed by atoms with E-state index in [-0.39, 0.29) is 5.56 Å². The molecule has 0 saturated heterocycles. The SMILES string of the molecule is CCC(C)(NC(=O)Nc1c(C)ccn(C)c1=O)c1nccs1. The number of nitrogens with zero attached hydrogens (tertiary/aromatic N) is 2. The molecular formula is C15H20N4O2S. The zero-order valence-corrected chi connectivity index (χ0v) is 14.0. The number of hydrogen-bond acceptors (Lipinski definition) is 4. The number of urea groups is 1.